The van der Waals surface area contributed by atoms with Crippen LogP contribution in [0.4, 0.5) is 24.9 Å². The van der Waals surface area contributed by atoms with Crippen molar-refractivity contribution in [2.24, 2.45) is 0 Å². The molecular weight excluding hydrogens is 333 g/mol. The van der Waals surface area contributed by atoms with Gasteiger partial charge in [0.15, 0.2) is 5.69 Å². The van der Waals surface area contributed by atoms with E-state index < -0.39 is 11.9 Å². The molecule has 1 aliphatic rings. The van der Waals surface area contributed by atoms with E-state index in [0.717, 1.165) is 24.6 Å². The van der Waals surface area contributed by atoms with E-state index in [9.17, 15) is 13.2 Å². The standard InChI is InChI=1S/C16H21F3N6/c1-10-12(9-20-23-10)11-4-6-25(7-5-11)15-21-13(16(17,18)19)8-14(22-15)24(2)3/h8-9,11H,4-7H2,1-3H3,(H,20,23). The van der Waals surface area contributed by atoms with E-state index in [1.54, 1.807) is 19.0 Å². The molecule has 0 atom stereocenters. The van der Waals surface area contributed by atoms with E-state index in [0.29, 0.717) is 19.0 Å². The number of nitrogens with one attached hydrogen (secondary N) is 1. The molecular formula is C16H21F3N6. The first-order chi connectivity index (χ1) is 11.8. The first-order valence-electron chi connectivity index (χ1n) is 8.14. The van der Waals surface area contributed by atoms with Gasteiger partial charge in [-0.2, -0.15) is 23.3 Å². The molecule has 1 fully saturated rings. The number of hydrogen-bond acceptors (Lipinski definition) is 5. The van der Waals surface area contributed by atoms with Gasteiger partial charge in [-0.3, -0.25) is 5.10 Å². The zero-order valence-corrected chi connectivity index (χ0v) is 14.4. The van der Waals surface area contributed by atoms with Crippen LogP contribution in [-0.4, -0.2) is 47.4 Å². The van der Waals surface area contributed by atoms with E-state index in [2.05, 4.69) is 20.2 Å². The molecule has 0 aromatic carbocycles. The summed E-state index contributed by atoms with van der Waals surface area (Å²) in [5.74, 6) is 0.750. The first-order valence-corrected chi connectivity index (χ1v) is 8.14. The number of aromatic nitrogens is 4. The van der Waals surface area contributed by atoms with Gasteiger partial charge in [-0.15, -0.1) is 0 Å². The van der Waals surface area contributed by atoms with E-state index in [1.165, 1.54) is 5.56 Å². The Balaban J connectivity index is 1.81. The van der Waals surface area contributed by atoms with Crippen LogP contribution in [0.1, 0.15) is 35.7 Å². The normalized spacial score (nSPS) is 16.3. The summed E-state index contributed by atoms with van der Waals surface area (Å²) in [6.07, 6.45) is -0.996. The van der Waals surface area contributed by atoms with Crippen LogP contribution in [0.25, 0.3) is 0 Å². The Morgan fingerprint density at radius 1 is 1.20 bits per heavy atom. The Kier molecular flexibility index (Phi) is 4.57. The predicted octanol–water partition coefficient (Wildman–Crippen LogP) is 2.98. The lowest BCUT2D eigenvalue weighted by Crippen LogP contribution is -2.35. The van der Waals surface area contributed by atoms with Crippen LogP contribution < -0.4 is 9.80 Å². The largest absolute Gasteiger partial charge is 0.433 e. The number of rotatable bonds is 3. The summed E-state index contributed by atoms with van der Waals surface area (Å²) < 4.78 is 39.4. The molecule has 136 valence electrons. The summed E-state index contributed by atoms with van der Waals surface area (Å²) in [6, 6.07) is 0.977. The van der Waals surface area contributed by atoms with Gasteiger partial charge < -0.3 is 9.80 Å². The average Bonchev–Trinajstić information content (AvgIpc) is 3.00. The molecule has 1 saturated heterocycles. The second-order valence-electron chi connectivity index (χ2n) is 6.52. The molecule has 3 rings (SSSR count). The van der Waals surface area contributed by atoms with E-state index >= 15 is 0 Å². The van der Waals surface area contributed by atoms with Crippen molar-refractivity contribution in [1.82, 2.24) is 20.2 Å². The highest BCUT2D eigenvalue weighted by Crippen LogP contribution is 2.33. The molecule has 1 N–H and O–H groups in total. The number of H-pyrrole nitrogens is 1. The van der Waals surface area contributed by atoms with Gasteiger partial charge in [-0.1, -0.05) is 0 Å². The van der Waals surface area contributed by atoms with E-state index in [-0.39, 0.29) is 11.8 Å². The molecule has 0 saturated carbocycles. The minimum atomic E-state index is -4.49. The van der Waals surface area contributed by atoms with Crippen molar-refractivity contribution in [3.63, 3.8) is 0 Å². The Bertz CT molecular complexity index is 732. The lowest BCUT2D eigenvalue weighted by molar-refractivity contribution is -0.141. The fourth-order valence-corrected chi connectivity index (χ4v) is 3.10. The Morgan fingerprint density at radius 3 is 2.40 bits per heavy atom. The summed E-state index contributed by atoms with van der Waals surface area (Å²) in [6.45, 7) is 3.21. The summed E-state index contributed by atoms with van der Waals surface area (Å²) in [7, 11) is 3.33. The van der Waals surface area contributed by atoms with Gasteiger partial charge in [0, 0.05) is 38.9 Å². The average molecular weight is 354 g/mol. The van der Waals surface area contributed by atoms with Crippen LogP contribution in [-0.2, 0) is 6.18 Å². The van der Waals surface area contributed by atoms with Crippen LogP contribution in [0.2, 0.25) is 0 Å². The van der Waals surface area contributed by atoms with Crippen molar-refractivity contribution < 1.29 is 13.2 Å². The molecule has 25 heavy (non-hydrogen) atoms. The van der Waals surface area contributed by atoms with Gasteiger partial charge >= 0.3 is 6.18 Å². The first kappa shape index (κ1) is 17.5. The minimum Gasteiger partial charge on any atom is -0.363 e. The van der Waals surface area contributed by atoms with Gasteiger partial charge in [-0.25, -0.2) is 4.98 Å². The molecule has 0 amide bonds. The lowest BCUT2D eigenvalue weighted by Gasteiger charge is -2.32. The van der Waals surface area contributed by atoms with Crippen molar-refractivity contribution in [1.29, 1.82) is 0 Å². The number of hydrogen-bond donors (Lipinski definition) is 1. The van der Waals surface area contributed by atoms with Gasteiger partial charge in [-0.05, 0) is 31.2 Å². The summed E-state index contributed by atoms with van der Waals surface area (Å²) in [5, 5.41) is 6.98. The van der Waals surface area contributed by atoms with E-state index in [4.69, 9.17) is 0 Å². The smallest absolute Gasteiger partial charge is 0.363 e. The molecule has 1 aliphatic heterocycles. The number of alkyl halides is 3. The van der Waals surface area contributed by atoms with Crippen molar-refractivity contribution in [2.45, 2.75) is 31.9 Å². The Hall–Kier alpha value is -2.32. The summed E-state index contributed by atoms with van der Waals surface area (Å²) >= 11 is 0. The van der Waals surface area contributed by atoms with Crippen LogP contribution in [0.5, 0.6) is 0 Å². The van der Waals surface area contributed by atoms with Crippen molar-refractivity contribution in [2.75, 3.05) is 37.0 Å². The van der Waals surface area contributed by atoms with Crippen molar-refractivity contribution >= 4 is 11.8 Å². The van der Waals surface area contributed by atoms with E-state index in [1.807, 2.05) is 18.0 Å². The zero-order valence-electron chi connectivity index (χ0n) is 14.4. The van der Waals surface area contributed by atoms with Crippen LogP contribution in [0.3, 0.4) is 0 Å². The lowest BCUT2D eigenvalue weighted by atomic mass is 9.90. The molecule has 9 heteroatoms. The number of aryl methyl sites for hydroxylation is 1. The molecule has 0 radical (unpaired) electrons. The topological polar surface area (TPSA) is 60.9 Å². The molecule has 3 heterocycles. The fraction of sp³-hybridized carbons (Fsp3) is 0.562. The monoisotopic (exact) mass is 354 g/mol. The number of nitrogens with zero attached hydrogens (tertiary/aromatic N) is 5. The molecule has 0 bridgehead atoms. The van der Waals surface area contributed by atoms with Crippen molar-refractivity contribution in [3.05, 3.63) is 29.2 Å². The summed E-state index contributed by atoms with van der Waals surface area (Å²) in [5.41, 5.74) is 1.32. The molecule has 0 aliphatic carbocycles. The SMILES string of the molecule is Cc1[nH]ncc1C1CCN(c2nc(N(C)C)cc(C(F)(F)F)n2)CC1. The van der Waals surface area contributed by atoms with Gasteiger partial charge in [0.2, 0.25) is 5.95 Å². The highest BCUT2D eigenvalue weighted by Gasteiger charge is 2.35. The molecule has 2 aromatic rings. The molecule has 2 aromatic heterocycles. The van der Waals surface area contributed by atoms with Crippen molar-refractivity contribution in [3.8, 4) is 0 Å². The van der Waals surface area contributed by atoms with Crippen LogP contribution in [0.15, 0.2) is 12.3 Å². The number of piperidine rings is 1. The Labute approximate surface area is 144 Å². The van der Waals surface area contributed by atoms with Gasteiger partial charge in [0.05, 0.1) is 6.20 Å². The van der Waals surface area contributed by atoms with Gasteiger partial charge in [0.1, 0.15) is 5.82 Å². The minimum absolute atomic E-state index is 0.140. The maximum Gasteiger partial charge on any atom is 0.433 e. The van der Waals surface area contributed by atoms with Crippen LogP contribution >= 0.6 is 0 Å². The third-order valence-corrected chi connectivity index (χ3v) is 4.54. The highest BCUT2D eigenvalue weighted by molar-refractivity contribution is 5.46. The highest BCUT2D eigenvalue weighted by atomic mass is 19.4. The second kappa shape index (κ2) is 6.53. The third kappa shape index (κ3) is 3.69. The molecule has 0 spiro atoms. The Morgan fingerprint density at radius 2 is 1.88 bits per heavy atom. The summed E-state index contributed by atoms with van der Waals surface area (Å²) in [4.78, 5) is 11.4. The predicted molar refractivity (Wildman–Crippen MR) is 88.9 cm³/mol. The fourth-order valence-electron chi connectivity index (χ4n) is 3.10. The molecule has 0 unspecified atom stereocenters. The third-order valence-electron chi connectivity index (χ3n) is 4.54. The number of anilines is 2. The number of halogens is 3. The second-order valence-corrected chi connectivity index (χ2v) is 6.52. The van der Waals surface area contributed by atoms with Gasteiger partial charge in [0.25, 0.3) is 0 Å². The quantitative estimate of drug-likeness (QED) is 0.918. The zero-order chi connectivity index (χ0) is 18.2. The maximum atomic E-state index is 13.1. The maximum absolute atomic E-state index is 13.1. The number of aromatic amines is 1. The van der Waals surface area contributed by atoms with Crippen LogP contribution in [0, 0.1) is 6.92 Å². The molecule has 6 nitrogen and oxygen atoms in total.